The first-order valence-electron chi connectivity index (χ1n) is 6.65. The number of rotatable bonds is 3. The van der Waals surface area contributed by atoms with Crippen molar-refractivity contribution in [2.24, 2.45) is 5.92 Å². The normalized spacial score (nSPS) is 28.1. The van der Waals surface area contributed by atoms with E-state index in [1.54, 1.807) is 13.2 Å². The first-order chi connectivity index (χ1) is 8.59. The minimum atomic E-state index is -0.938. The quantitative estimate of drug-likeness (QED) is 0.890. The fourth-order valence-electron chi connectivity index (χ4n) is 3.00. The van der Waals surface area contributed by atoms with Gasteiger partial charge in [-0.1, -0.05) is 19.8 Å². The van der Waals surface area contributed by atoms with Crippen LogP contribution in [0.3, 0.4) is 0 Å². The molecule has 2 atom stereocenters. The van der Waals surface area contributed by atoms with Gasteiger partial charge in [-0.2, -0.15) is 0 Å². The lowest BCUT2D eigenvalue weighted by molar-refractivity contribution is -0.0236. The molecule has 0 saturated heterocycles. The highest BCUT2D eigenvalue weighted by Crippen LogP contribution is 2.44. The molecule has 1 aliphatic carbocycles. The van der Waals surface area contributed by atoms with Crippen molar-refractivity contribution in [1.82, 2.24) is 0 Å². The maximum absolute atomic E-state index is 13.4. The van der Waals surface area contributed by atoms with Gasteiger partial charge in [-0.05, 0) is 43.4 Å². The van der Waals surface area contributed by atoms with E-state index in [0.717, 1.165) is 19.3 Å². The van der Waals surface area contributed by atoms with Gasteiger partial charge in [0, 0.05) is 5.56 Å². The van der Waals surface area contributed by atoms with E-state index >= 15 is 0 Å². The van der Waals surface area contributed by atoms with Gasteiger partial charge < -0.3 is 9.84 Å². The van der Waals surface area contributed by atoms with E-state index < -0.39 is 5.60 Å². The molecule has 1 aliphatic rings. The number of hydrogen-bond donors (Lipinski definition) is 1. The van der Waals surface area contributed by atoms with E-state index in [9.17, 15) is 9.50 Å². The van der Waals surface area contributed by atoms with E-state index in [0.29, 0.717) is 30.1 Å². The van der Waals surface area contributed by atoms with Crippen LogP contribution in [0.4, 0.5) is 4.39 Å². The second-order valence-electron chi connectivity index (χ2n) is 5.25. The van der Waals surface area contributed by atoms with E-state index in [2.05, 4.69) is 6.92 Å². The highest BCUT2D eigenvalue weighted by atomic mass is 19.1. The Balaban J connectivity index is 2.36. The molecule has 0 amide bonds. The zero-order valence-electron chi connectivity index (χ0n) is 11.1. The van der Waals surface area contributed by atoms with Crippen LogP contribution in [0, 0.1) is 11.7 Å². The van der Waals surface area contributed by atoms with Crippen LogP contribution >= 0.6 is 0 Å². The standard InChI is InChI=1S/C15H21FO2/c1-3-11-5-4-8-15(17,10-11)13-9-12(16)6-7-14(13)18-2/h6-7,9,11,17H,3-5,8,10H2,1-2H3. The average Bonchev–Trinajstić information content (AvgIpc) is 2.38. The molecule has 0 aromatic heterocycles. The summed E-state index contributed by atoms with van der Waals surface area (Å²) in [6.07, 6.45) is 4.57. The van der Waals surface area contributed by atoms with Gasteiger partial charge in [0.15, 0.2) is 0 Å². The van der Waals surface area contributed by atoms with Gasteiger partial charge in [0.2, 0.25) is 0 Å². The second kappa shape index (κ2) is 5.27. The maximum Gasteiger partial charge on any atom is 0.125 e. The van der Waals surface area contributed by atoms with Crippen molar-refractivity contribution in [2.75, 3.05) is 7.11 Å². The molecule has 1 fully saturated rings. The third-order valence-corrected chi connectivity index (χ3v) is 4.07. The zero-order valence-corrected chi connectivity index (χ0v) is 11.1. The fraction of sp³-hybridized carbons (Fsp3) is 0.600. The average molecular weight is 252 g/mol. The fourth-order valence-corrected chi connectivity index (χ4v) is 3.00. The van der Waals surface area contributed by atoms with Gasteiger partial charge in [0.1, 0.15) is 11.6 Å². The summed E-state index contributed by atoms with van der Waals surface area (Å²) in [4.78, 5) is 0. The van der Waals surface area contributed by atoms with Gasteiger partial charge in [-0.3, -0.25) is 0 Å². The molecule has 1 aromatic carbocycles. The second-order valence-corrected chi connectivity index (χ2v) is 5.25. The predicted octanol–water partition coefficient (Wildman–Crippen LogP) is 3.62. The Morgan fingerprint density at radius 3 is 2.94 bits per heavy atom. The Morgan fingerprint density at radius 2 is 2.28 bits per heavy atom. The molecule has 1 aromatic rings. The number of benzene rings is 1. The van der Waals surface area contributed by atoms with Crippen LogP contribution in [0.1, 0.15) is 44.6 Å². The van der Waals surface area contributed by atoms with E-state index in [1.807, 2.05) is 0 Å². The van der Waals surface area contributed by atoms with Gasteiger partial charge in [-0.15, -0.1) is 0 Å². The SMILES string of the molecule is CCC1CCCC(O)(c2cc(F)ccc2OC)C1. The molecule has 2 unspecified atom stereocenters. The maximum atomic E-state index is 13.4. The zero-order chi connectivity index (χ0) is 13.2. The van der Waals surface area contributed by atoms with Crippen molar-refractivity contribution in [1.29, 1.82) is 0 Å². The summed E-state index contributed by atoms with van der Waals surface area (Å²) in [5.74, 6) is 0.769. The molecule has 100 valence electrons. The first-order valence-corrected chi connectivity index (χ1v) is 6.65. The number of halogens is 1. The molecule has 18 heavy (non-hydrogen) atoms. The van der Waals surface area contributed by atoms with Crippen LogP contribution in [0.5, 0.6) is 5.75 Å². The number of aliphatic hydroxyl groups is 1. The third kappa shape index (κ3) is 2.51. The van der Waals surface area contributed by atoms with E-state index in [1.165, 1.54) is 12.1 Å². The third-order valence-electron chi connectivity index (χ3n) is 4.07. The molecule has 2 rings (SSSR count). The van der Waals surface area contributed by atoms with Crippen LogP contribution in [-0.4, -0.2) is 12.2 Å². The molecule has 1 N–H and O–H groups in total. The lowest BCUT2D eigenvalue weighted by atomic mass is 9.73. The monoisotopic (exact) mass is 252 g/mol. The van der Waals surface area contributed by atoms with Crippen LogP contribution < -0.4 is 4.74 Å². The Hall–Kier alpha value is -1.09. The summed E-state index contributed by atoms with van der Waals surface area (Å²) in [5, 5.41) is 10.8. The molecule has 0 radical (unpaired) electrons. The van der Waals surface area contributed by atoms with E-state index in [4.69, 9.17) is 4.74 Å². The Bertz CT molecular complexity index is 419. The molecule has 0 spiro atoms. The Kier molecular flexibility index (Phi) is 3.91. The molecule has 0 bridgehead atoms. The number of methoxy groups -OCH3 is 1. The lowest BCUT2D eigenvalue weighted by Gasteiger charge is -2.37. The summed E-state index contributed by atoms with van der Waals surface area (Å²) < 4.78 is 18.7. The van der Waals surface area contributed by atoms with Gasteiger partial charge in [0.25, 0.3) is 0 Å². The lowest BCUT2D eigenvalue weighted by Crippen LogP contribution is -2.33. The highest BCUT2D eigenvalue weighted by molar-refractivity contribution is 5.38. The van der Waals surface area contributed by atoms with Crippen molar-refractivity contribution in [3.8, 4) is 5.75 Å². The predicted molar refractivity (Wildman–Crippen MR) is 69.1 cm³/mol. The molecule has 0 aliphatic heterocycles. The summed E-state index contributed by atoms with van der Waals surface area (Å²) in [5.41, 5.74) is -0.338. The summed E-state index contributed by atoms with van der Waals surface area (Å²) >= 11 is 0. The minimum absolute atomic E-state index is 0.321. The smallest absolute Gasteiger partial charge is 0.125 e. The highest BCUT2D eigenvalue weighted by Gasteiger charge is 2.37. The summed E-state index contributed by atoms with van der Waals surface area (Å²) in [6.45, 7) is 2.14. The van der Waals surface area contributed by atoms with Crippen molar-refractivity contribution in [2.45, 2.75) is 44.6 Å². The summed E-state index contributed by atoms with van der Waals surface area (Å²) in [6, 6.07) is 4.38. The Morgan fingerprint density at radius 1 is 1.50 bits per heavy atom. The van der Waals surface area contributed by atoms with Gasteiger partial charge in [0.05, 0.1) is 12.7 Å². The van der Waals surface area contributed by atoms with Crippen molar-refractivity contribution >= 4 is 0 Å². The number of ether oxygens (including phenoxy) is 1. The molecular formula is C15H21FO2. The van der Waals surface area contributed by atoms with Gasteiger partial charge in [-0.25, -0.2) is 4.39 Å². The van der Waals surface area contributed by atoms with E-state index in [-0.39, 0.29) is 5.82 Å². The van der Waals surface area contributed by atoms with Crippen LogP contribution in [-0.2, 0) is 5.60 Å². The topological polar surface area (TPSA) is 29.5 Å². The molecule has 0 heterocycles. The molecular weight excluding hydrogens is 231 g/mol. The van der Waals surface area contributed by atoms with Crippen molar-refractivity contribution < 1.29 is 14.2 Å². The van der Waals surface area contributed by atoms with Crippen LogP contribution in [0.25, 0.3) is 0 Å². The Labute approximate surface area is 108 Å². The van der Waals surface area contributed by atoms with Crippen molar-refractivity contribution in [3.63, 3.8) is 0 Å². The molecule has 2 nitrogen and oxygen atoms in total. The van der Waals surface area contributed by atoms with Crippen molar-refractivity contribution in [3.05, 3.63) is 29.6 Å². The first kappa shape index (κ1) is 13.3. The largest absolute Gasteiger partial charge is 0.496 e. The number of hydrogen-bond acceptors (Lipinski definition) is 2. The van der Waals surface area contributed by atoms with Crippen LogP contribution in [0.15, 0.2) is 18.2 Å². The summed E-state index contributed by atoms with van der Waals surface area (Å²) in [7, 11) is 1.56. The van der Waals surface area contributed by atoms with Crippen LogP contribution in [0.2, 0.25) is 0 Å². The molecule has 3 heteroatoms. The van der Waals surface area contributed by atoms with Gasteiger partial charge >= 0.3 is 0 Å². The minimum Gasteiger partial charge on any atom is -0.496 e. The molecule has 1 saturated carbocycles.